The van der Waals surface area contributed by atoms with E-state index in [0.29, 0.717) is 28.0 Å². The van der Waals surface area contributed by atoms with Crippen LogP contribution in [-0.2, 0) is 6.54 Å². The van der Waals surface area contributed by atoms with E-state index in [1.54, 1.807) is 22.9 Å². The molecule has 1 N–H and O–H groups in total. The lowest BCUT2D eigenvalue weighted by Crippen LogP contribution is -2.13. The number of benzene rings is 3. The molecular weight excluding hydrogens is 381 g/mol. The second-order valence-corrected chi connectivity index (χ2v) is 6.96. The summed E-state index contributed by atoms with van der Waals surface area (Å²) in [6.07, 6.45) is 1.83. The predicted molar refractivity (Wildman–Crippen MR) is 110 cm³/mol. The van der Waals surface area contributed by atoms with E-state index in [0.717, 1.165) is 5.56 Å². The van der Waals surface area contributed by atoms with Crippen LogP contribution in [0, 0.1) is 0 Å². The molecule has 0 spiro atoms. The van der Waals surface area contributed by atoms with E-state index < -0.39 is 0 Å². The highest BCUT2D eigenvalue weighted by atomic mass is 35.5. The Balaban J connectivity index is 1.52. The normalized spacial score (nSPS) is 10.9. The van der Waals surface area contributed by atoms with E-state index in [-0.39, 0.29) is 5.91 Å². The molecule has 0 fully saturated rings. The van der Waals surface area contributed by atoms with Crippen LogP contribution in [0.25, 0.3) is 10.8 Å². The lowest BCUT2D eigenvalue weighted by Gasteiger charge is -2.07. The summed E-state index contributed by atoms with van der Waals surface area (Å²) in [7, 11) is 0. The number of nitrogens with one attached hydrogen (secondary N) is 1. The minimum absolute atomic E-state index is 0.301. The smallest absolute Gasteiger partial charge is 0.258 e. The first kappa shape index (κ1) is 17.6. The largest absolute Gasteiger partial charge is 0.305 e. The van der Waals surface area contributed by atoms with Gasteiger partial charge in [0.2, 0.25) is 0 Å². The van der Waals surface area contributed by atoms with Gasteiger partial charge < -0.3 is 5.32 Å². The molecular formula is C21H15Cl2N3O. The van der Waals surface area contributed by atoms with E-state index >= 15 is 0 Å². The predicted octanol–water partition coefficient (Wildman–Crippen LogP) is 5.64. The number of hydrogen-bond donors (Lipinski definition) is 1. The van der Waals surface area contributed by atoms with Crippen molar-refractivity contribution in [2.24, 2.45) is 0 Å². The number of nitrogens with zero attached hydrogens (tertiary/aromatic N) is 2. The molecule has 6 heteroatoms. The van der Waals surface area contributed by atoms with Crippen molar-refractivity contribution in [1.82, 2.24) is 9.78 Å². The van der Waals surface area contributed by atoms with E-state index in [4.69, 9.17) is 23.2 Å². The molecule has 0 saturated heterocycles. The molecule has 4 rings (SSSR count). The Morgan fingerprint density at radius 2 is 1.81 bits per heavy atom. The van der Waals surface area contributed by atoms with Gasteiger partial charge in [-0.3, -0.25) is 9.48 Å². The molecule has 3 aromatic carbocycles. The van der Waals surface area contributed by atoms with Crippen LogP contribution in [0.15, 0.2) is 72.9 Å². The molecule has 1 amide bonds. The van der Waals surface area contributed by atoms with Crippen LogP contribution in [0.1, 0.15) is 15.9 Å². The zero-order chi connectivity index (χ0) is 18.8. The van der Waals surface area contributed by atoms with Crippen LogP contribution in [0.5, 0.6) is 0 Å². The highest BCUT2D eigenvalue weighted by Gasteiger charge is 2.12. The van der Waals surface area contributed by atoms with Crippen molar-refractivity contribution in [2.75, 3.05) is 5.32 Å². The molecule has 0 radical (unpaired) electrons. The van der Waals surface area contributed by atoms with Gasteiger partial charge in [-0.2, -0.15) is 5.10 Å². The van der Waals surface area contributed by atoms with Gasteiger partial charge in [-0.15, -0.1) is 0 Å². The van der Waals surface area contributed by atoms with Crippen molar-refractivity contribution in [3.8, 4) is 0 Å². The van der Waals surface area contributed by atoms with Crippen LogP contribution < -0.4 is 5.32 Å². The second-order valence-electron chi connectivity index (χ2n) is 6.12. The molecule has 134 valence electrons. The first-order valence-corrected chi connectivity index (χ1v) is 9.12. The Bertz CT molecular complexity index is 1130. The second kappa shape index (κ2) is 7.43. The van der Waals surface area contributed by atoms with Gasteiger partial charge in [0.05, 0.1) is 17.1 Å². The fourth-order valence-electron chi connectivity index (χ4n) is 2.98. The van der Waals surface area contributed by atoms with Gasteiger partial charge in [-0.1, -0.05) is 65.7 Å². The third kappa shape index (κ3) is 3.82. The van der Waals surface area contributed by atoms with Gasteiger partial charge in [0, 0.05) is 17.3 Å². The minimum Gasteiger partial charge on any atom is -0.305 e. The number of halogens is 2. The molecule has 0 atom stereocenters. The van der Waals surface area contributed by atoms with Crippen LogP contribution in [0.3, 0.4) is 0 Å². The molecule has 0 unspecified atom stereocenters. The number of amides is 1. The van der Waals surface area contributed by atoms with E-state index in [9.17, 15) is 4.79 Å². The number of aromatic nitrogens is 2. The maximum Gasteiger partial charge on any atom is 0.258 e. The van der Waals surface area contributed by atoms with Crippen molar-refractivity contribution in [3.63, 3.8) is 0 Å². The maximum absolute atomic E-state index is 12.4. The summed E-state index contributed by atoms with van der Waals surface area (Å²) in [5, 5.41) is 10.4. The summed E-state index contributed by atoms with van der Waals surface area (Å²) in [6, 6.07) is 20.9. The summed E-state index contributed by atoms with van der Waals surface area (Å²) in [5.41, 5.74) is 1.51. The van der Waals surface area contributed by atoms with Gasteiger partial charge >= 0.3 is 0 Å². The monoisotopic (exact) mass is 395 g/mol. The molecule has 0 saturated carbocycles. The SMILES string of the molecule is O=C(Nc1ccn(Cc2cccc3ccccc23)n1)c1ccc(Cl)cc1Cl. The van der Waals surface area contributed by atoms with Crippen molar-refractivity contribution in [2.45, 2.75) is 6.54 Å². The molecule has 4 nitrogen and oxygen atoms in total. The minimum atomic E-state index is -0.327. The van der Waals surface area contributed by atoms with E-state index in [1.165, 1.54) is 16.8 Å². The first-order chi connectivity index (χ1) is 13.1. The third-order valence-corrected chi connectivity index (χ3v) is 4.82. The Labute approximate surface area is 166 Å². The molecule has 0 aliphatic heterocycles. The van der Waals surface area contributed by atoms with Gasteiger partial charge in [-0.25, -0.2) is 0 Å². The fraction of sp³-hybridized carbons (Fsp3) is 0.0476. The first-order valence-electron chi connectivity index (χ1n) is 8.37. The van der Waals surface area contributed by atoms with Gasteiger partial charge in [0.25, 0.3) is 5.91 Å². The molecule has 1 heterocycles. The Hall–Kier alpha value is -2.82. The average Bonchev–Trinajstić information content (AvgIpc) is 3.09. The molecule has 4 aromatic rings. The third-order valence-electron chi connectivity index (χ3n) is 4.27. The van der Waals surface area contributed by atoms with E-state index in [1.807, 2.05) is 24.4 Å². The zero-order valence-corrected chi connectivity index (χ0v) is 15.7. The number of carbonyl (C=O) groups is 1. The van der Waals surface area contributed by atoms with Crippen LogP contribution in [0.4, 0.5) is 5.82 Å². The Kier molecular flexibility index (Phi) is 4.84. The quantitative estimate of drug-likeness (QED) is 0.485. The summed E-state index contributed by atoms with van der Waals surface area (Å²) >= 11 is 12.0. The number of rotatable bonds is 4. The van der Waals surface area contributed by atoms with Gasteiger partial charge in [0.1, 0.15) is 0 Å². The highest BCUT2D eigenvalue weighted by Crippen LogP contribution is 2.22. The molecule has 0 bridgehead atoms. The summed E-state index contributed by atoms with van der Waals surface area (Å²) < 4.78 is 1.79. The lowest BCUT2D eigenvalue weighted by atomic mass is 10.0. The maximum atomic E-state index is 12.4. The van der Waals surface area contributed by atoms with Crippen molar-refractivity contribution in [1.29, 1.82) is 0 Å². The summed E-state index contributed by atoms with van der Waals surface area (Å²) in [6.45, 7) is 0.610. The Morgan fingerprint density at radius 1 is 1.00 bits per heavy atom. The fourth-order valence-corrected chi connectivity index (χ4v) is 3.47. The molecule has 0 aliphatic carbocycles. The topological polar surface area (TPSA) is 46.9 Å². The number of fused-ring (bicyclic) bond motifs is 1. The van der Waals surface area contributed by atoms with Gasteiger partial charge in [0.15, 0.2) is 5.82 Å². The van der Waals surface area contributed by atoms with E-state index in [2.05, 4.69) is 34.7 Å². The molecule has 0 aliphatic rings. The zero-order valence-electron chi connectivity index (χ0n) is 14.2. The van der Waals surface area contributed by atoms with Crippen LogP contribution in [-0.4, -0.2) is 15.7 Å². The standard InChI is InChI=1S/C21H15Cl2N3O/c22-16-8-9-18(19(23)12-16)21(27)24-20-10-11-26(25-20)13-15-6-3-5-14-4-1-2-7-17(14)15/h1-12H,13H2,(H,24,25,27). The molecule has 1 aromatic heterocycles. The van der Waals surface area contributed by atoms with Crippen molar-refractivity contribution in [3.05, 3.63) is 94.1 Å². The summed E-state index contributed by atoms with van der Waals surface area (Å²) in [5.74, 6) is 0.137. The average molecular weight is 396 g/mol. The van der Waals surface area contributed by atoms with Crippen molar-refractivity contribution >= 4 is 45.7 Å². The van der Waals surface area contributed by atoms with Crippen molar-refractivity contribution < 1.29 is 4.79 Å². The van der Waals surface area contributed by atoms with Gasteiger partial charge in [-0.05, 0) is 34.5 Å². The summed E-state index contributed by atoms with van der Waals surface area (Å²) in [4.78, 5) is 12.4. The van der Waals surface area contributed by atoms with Crippen LogP contribution >= 0.6 is 23.2 Å². The Morgan fingerprint density at radius 3 is 2.67 bits per heavy atom. The number of hydrogen-bond acceptors (Lipinski definition) is 2. The highest BCUT2D eigenvalue weighted by molar-refractivity contribution is 6.37. The lowest BCUT2D eigenvalue weighted by molar-refractivity contribution is 0.102. The molecule has 27 heavy (non-hydrogen) atoms. The van der Waals surface area contributed by atoms with Crippen LogP contribution in [0.2, 0.25) is 10.0 Å². The number of carbonyl (C=O) groups excluding carboxylic acids is 1. The number of anilines is 1.